The van der Waals surface area contributed by atoms with Crippen LogP contribution in [0.15, 0.2) is 29.2 Å². The van der Waals surface area contributed by atoms with Gasteiger partial charge in [-0.25, -0.2) is 12.8 Å². The monoisotopic (exact) mass is 430 g/mol. The Labute approximate surface area is 165 Å². The van der Waals surface area contributed by atoms with E-state index >= 15 is 0 Å². The van der Waals surface area contributed by atoms with Gasteiger partial charge in [-0.05, 0) is 25.0 Å². The van der Waals surface area contributed by atoms with E-state index in [1.807, 2.05) is 0 Å². The van der Waals surface area contributed by atoms with Crippen molar-refractivity contribution in [1.29, 1.82) is 0 Å². The minimum Gasteiger partial charge on any atom is -0.434 e. The van der Waals surface area contributed by atoms with E-state index in [0.29, 0.717) is 13.2 Å². The molecule has 0 N–H and O–H groups in total. The van der Waals surface area contributed by atoms with Crippen LogP contribution in [0.3, 0.4) is 0 Å². The molecule has 6 nitrogen and oxygen atoms in total. The summed E-state index contributed by atoms with van der Waals surface area (Å²) in [5, 5.41) is -0.590. The van der Waals surface area contributed by atoms with E-state index in [9.17, 15) is 17.2 Å². The molecule has 1 fully saturated rings. The summed E-state index contributed by atoms with van der Waals surface area (Å²) in [7, 11) is -3.85. The first-order chi connectivity index (χ1) is 13.4. The lowest BCUT2D eigenvalue weighted by atomic mass is 10.2. The van der Waals surface area contributed by atoms with Crippen molar-refractivity contribution < 1.29 is 26.7 Å². The lowest BCUT2D eigenvalue weighted by Gasteiger charge is -2.33. The summed E-state index contributed by atoms with van der Waals surface area (Å²) in [5.41, 5.74) is 0.0383. The van der Waals surface area contributed by atoms with E-state index in [2.05, 4.69) is 4.98 Å². The van der Waals surface area contributed by atoms with Crippen LogP contribution in [0.1, 0.15) is 12.8 Å². The molecule has 2 aromatic rings. The van der Waals surface area contributed by atoms with E-state index in [0.717, 1.165) is 12.8 Å². The number of hydrogen-bond donors (Lipinski definition) is 0. The minimum atomic E-state index is -3.85. The summed E-state index contributed by atoms with van der Waals surface area (Å²) in [4.78, 5) is 5.01. The molecule has 0 amide bonds. The molecule has 1 aromatic carbocycles. The average molecular weight is 431 g/mol. The van der Waals surface area contributed by atoms with Gasteiger partial charge in [-0.2, -0.15) is 9.37 Å². The highest BCUT2D eigenvalue weighted by Gasteiger charge is 2.38. The number of benzene rings is 1. The van der Waals surface area contributed by atoms with Gasteiger partial charge in [0.05, 0.1) is 11.9 Å². The summed E-state index contributed by atoms with van der Waals surface area (Å²) in [6, 6.07) is 5.53. The normalized spacial score (nSPS) is 20.8. The first kappa shape index (κ1) is 19.4. The fourth-order valence-corrected chi connectivity index (χ4v) is 5.43. The van der Waals surface area contributed by atoms with Crippen LogP contribution in [0.25, 0.3) is 0 Å². The van der Waals surface area contributed by atoms with Gasteiger partial charge in [-0.1, -0.05) is 23.7 Å². The second kappa shape index (κ2) is 7.46. The number of hydrogen-bond acceptors (Lipinski definition) is 6. The van der Waals surface area contributed by atoms with Crippen LogP contribution in [0.5, 0.6) is 11.6 Å². The van der Waals surface area contributed by atoms with Crippen LogP contribution in [-0.4, -0.2) is 45.0 Å². The lowest BCUT2D eigenvalue weighted by Crippen LogP contribution is -2.40. The standard InChI is InChI=1S/C18H17ClF2N2O4S/c19-14-16-15(18(22-17(14)21)27-13-6-2-1-5-12(13)20)23(7-9-28(16,24)25)10-11-4-3-8-26-11/h1-2,5-6,11H,3-4,7-10H2. The molecule has 0 radical (unpaired) electrons. The van der Waals surface area contributed by atoms with Gasteiger partial charge in [0.25, 0.3) is 0 Å². The van der Waals surface area contributed by atoms with Gasteiger partial charge >= 0.3 is 0 Å². The maximum absolute atomic E-state index is 14.3. The minimum absolute atomic E-state index is 0.0383. The SMILES string of the molecule is O=S1(=O)CCN(CC2CCCO2)c2c(Oc3ccccc3F)nc(F)c(Cl)c21. The Morgan fingerprint density at radius 3 is 2.82 bits per heavy atom. The number of sulfone groups is 1. The number of ether oxygens (including phenoxy) is 2. The van der Waals surface area contributed by atoms with E-state index in [1.165, 1.54) is 24.3 Å². The molecule has 0 bridgehead atoms. The van der Waals surface area contributed by atoms with Gasteiger partial charge in [0.1, 0.15) is 15.6 Å². The molecule has 1 atom stereocenters. The fourth-order valence-electron chi connectivity index (χ4n) is 3.41. The molecule has 2 aliphatic heterocycles. The quantitative estimate of drug-likeness (QED) is 0.691. The van der Waals surface area contributed by atoms with Crippen LogP contribution in [0.4, 0.5) is 14.5 Å². The molecular weight excluding hydrogens is 414 g/mol. The summed E-state index contributed by atoms with van der Waals surface area (Å²) < 4.78 is 64.8. The number of anilines is 1. The second-order valence-electron chi connectivity index (χ2n) is 6.63. The third-order valence-electron chi connectivity index (χ3n) is 4.75. The van der Waals surface area contributed by atoms with Crippen molar-refractivity contribution in [2.45, 2.75) is 23.8 Å². The molecule has 1 aromatic heterocycles. The molecule has 1 unspecified atom stereocenters. The van der Waals surface area contributed by atoms with Gasteiger partial charge in [-0.3, -0.25) is 0 Å². The van der Waals surface area contributed by atoms with Gasteiger partial charge in [-0.15, -0.1) is 0 Å². The second-order valence-corrected chi connectivity index (χ2v) is 9.06. The molecule has 3 heterocycles. The largest absolute Gasteiger partial charge is 0.434 e. The zero-order valence-electron chi connectivity index (χ0n) is 14.7. The maximum atomic E-state index is 14.3. The van der Waals surface area contributed by atoms with Crippen LogP contribution in [0, 0.1) is 11.8 Å². The van der Waals surface area contributed by atoms with Crippen molar-refractivity contribution in [1.82, 2.24) is 4.98 Å². The van der Waals surface area contributed by atoms with Crippen LogP contribution in [0.2, 0.25) is 5.02 Å². The Hall–Kier alpha value is -1.97. The Kier molecular flexibility index (Phi) is 5.15. The third-order valence-corrected chi connectivity index (χ3v) is 6.94. The van der Waals surface area contributed by atoms with Crippen LogP contribution < -0.4 is 9.64 Å². The molecule has 0 saturated carbocycles. The van der Waals surface area contributed by atoms with E-state index in [1.54, 1.807) is 4.90 Å². The zero-order chi connectivity index (χ0) is 19.9. The smallest absolute Gasteiger partial charge is 0.247 e. The molecule has 10 heteroatoms. The summed E-state index contributed by atoms with van der Waals surface area (Å²) in [6.07, 6.45) is 1.63. The van der Waals surface area contributed by atoms with Crippen molar-refractivity contribution in [2.75, 3.05) is 30.3 Å². The van der Waals surface area contributed by atoms with Gasteiger partial charge < -0.3 is 14.4 Å². The number of para-hydroxylation sites is 1. The number of rotatable bonds is 4. The summed E-state index contributed by atoms with van der Waals surface area (Å²) in [5.74, 6) is -2.64. The van der Waals surface area contributed by atoms with Gasteiger partial charge in [0.2, 0.25) is 11.8 Å². The fraction of sp³-hybridized carbons (Fsp3) is 0.389. The van der Waals surface area contributed by atoms with Crippen molar-refractivity contribution in [2.24, 2.45) is 0 Å². The lowest BCUT2D eigenvalue weighted by molar-refractivity contribution is 0.115. The Morgan fingerprint density at radius 1 is 1.32 bits per heavy atom. The third kappa shape index (κ3) is 3.54. The van der Waals surface area contributed by atoms with Crippen molar-refractivity contribution in [3.8, 4) is 11.6 Å². The summed E-state index contributed by atoms with van der Waals surface area (Å²) >= 11 is 5.98. The molecular formula is C18H17ClF2N2O4S. The molecule has 0 spiro atoms. The van der Waals surface area contributed by atoms with E-state index in [-0.39, 0.29) is 40.6 Å². The number of fused-ring (bicyclic) bond motifs is 1. The van der Waals surface area contributed by atoms with Crippen LogP contribution in [-0.2, 0) is 14.6 Å². The predicted molar refractivity (Wildman–Crippen MR) is 98.9 cm³/mol. The molecule has 2 aliphatic rings. The summed E-state index contributed by atoms with van der Waals surface area (Å²) in [6.45, 7) is 1.15. The van der Waals surface area contributed by atoms with Crippen molar-refractivity contribution in [3.63, 3.8) is 0 Å². The van der Waals surface area contributed by atoms with Gasteiger partial charge in [0.15, 0.2) is 21.4 Å². The van der Waals surface area contributed by atoms with Crippen molar-refractivity contribution in [3.05, 3.63) is 41.1 Å². The van der Waals surface area contributed by atoms with E-state index in [4.69, 9.17) is 21.1 Å². The molecule has 4 rings (SSSR count). The molecule has 0 aliphatic carbocycles. The molecule has 28 heavy (non-hydrogen) atoms. The van der Waals surface area contributed by atoms with Crippen LogP contribution >= 0.6 is 11.6 Å². The first-order valence-electron chi connectivity index (χ1n) is 8.77. The topological polar surface area (TPSA) is 68.7 Å². The Balaban J connectivity index is 1.84. The highest BCUT2D eigenvalue weighted by Crippen LogP contribution is 2.44. The van der Waals surface area contributed by atoms with E-state index < -0.39 is 26.6 Å². The first-order valence-corrected chi connectivity index (χ1v) is 10.8. The Bertz CT molecular complexity index is 1010. The van der Waals surface area contributed by atoms with Gasteiger partial charge in [0, 0.05) is 19.7 Å². The Morgan fingerprint density at radius 2 is 2.11 bits per heavy atom. The predicted octanol–water partition coefficient (Wildman–Crippen LogP) is 3.58. The van der Waals surface area contributed by atoms with Crippen molar-refractivity contribution >= 4 is 27.1 Å². The molecule has 150 valence electrons. The zero-order valence-corrected chi connectivity index (χ0v) is 16.3. The maximum Gasteiger partial charge on any atom is 0.247 e. The molecule has 1 saturated heterocycles. The number of nitrogens with zero attached hydrogens (tertiary/aromatic N) is 2. The number of aromatic nitrogens is 1. The highest BCUT2D eigenvalue weighted by molar-refractivity contribution is 7.91. The number of halogens is 3. The number of pyridine rings is 1. The highest BCUT2D eigenvalue weighted by atomic mass is 35.5. The average Bonchev–Trinajstić information content (AvgIpc) is 3.15.